The highest BCUT2D eigenvalue weighted by molar-refractivity contribution is 5.97. The van der Waals surface area contributed by atoms with E-state index < -0.39 is 0 Å². The summed E-state index contributed by atoms with van der Waals surface area (Å²) in [5, 5.41) is 10.7. The molecule has 4 rings (SSSR count). The summed E-state index contributed by atoms with van der Waals surface area (Å²) in [4.78, 5) is 26.5. The first-order valence-electron chi connectivity index (χ1n) is 8.65. The lowest BCUT2D eigenvalue weighted by atomic mass is 10.0. The molecule has 3 aromatic rings. The van der Waals surface area contributed by atoms with Gasteiger partial charge in [-0.3, -0.25) is 9.59 Å². The van der Waals surface area contributed by atoms with Crippen LogP contribution in [0.5, 0.6) is 0 Å². The van der Waals surface area contributed by atoms with Crippen molar-refractivity contribution in [3.63, 3.8) is 0 Å². The average Bonchev–Trinajstić information content (AvgIpc) is 3.08. The van der Waals surface area contributed by atoms with Crippen LogP contribution in [-0.4, -0.2) is 39.9 Å². The number of amides is 2. The fraction of sp³-hybridized carbons (Fsp3) is 0.263. The van der Waals surface area contributed by atoms with Crippen LogP contribution in [0.2, 0.25) is 0 Å². The molecule has 0 saturated carbocycles. The maximum Gasteiger partial charge on any atom is 0.246 e. The molecule has 1 aliphatic heterocycles. The Bertz CT molecular complexity index is 965. The maximum atomic E-state index is 12.6. The van der Waals surface area contributed by atoms with Crippen LogP contribution in [0.25, 0.3) is 11.0 Å². The predicted octanol–water partition coefficient (Wildman–Crippen LogP) is 1.53. The quantitative estimate of drug-likeness (QED) is 0.775. The van der Waals surface area contributed by atoms with Crippen LogP contribution in [0.1, 0.15) is 12.0 Å². The van der Waals surface area contributed by atoms with Crippen LogP contribution in [0.3, 0.4) is 0 Å². The van der Waals surface area contributed by atoms with Gasteiger partial charge < -0.3 is 10.2 Å². The van der Waals surface area contributed by atoms with Gasteiger partial charge in [0, 0.05) is 12.2 Å². The van der Waals surface area contributed by atoms with Gasteiger partial charge in [-0.05, 0) is 36.6 Å². The molecule has 0 fully saturated rings. The van der Waals surface area contributed by atoms with E-state index in [1.54, 1.807) is 4.90 Å². The van der Waals surface area contributed by atoms with E-state index in [1.165, 1.54) is 10.2 Å². The van der Waals surface area contributed by atoms with E-state index in [0.717, 1.165) is 29.6 Å². The third-order valence-corrected chi connectivity index (χ3v) is 4.56. The van der Waals surface area contributed by atoms with Crippen molar-refractivity contribution in [3.8, 4) is 0 Å². The third-order valence-electron chi connectivity index (χ3n) is 4.56. The number of rotatable bonds is 4. The van der Waals surface area contributed by atoms with Crippen LogP contribution in [0, 0.1) is 0 Å². The number of anilines is 1. The first kappa shape index (κ1) is 16.3. The van der Waals surface area contributed by atoms with Gasteiger partial charge in [-0.25, -0.2) is 4.68 Å². The maximum absolute atomic E-state index is 12.6. The molecule has 1 aromatic heterocycles. The minimum atomic E-state index is -0.265. The number of fused-ring (bicyclic) bond motifs is 2. The van der Waals surface area contributed by atoms with Gasteiger partial charge in [0.25, 0.3) is 0 Å². The lowest BCUT2D eigenvalue weighted by Crippen LogP contribution is -2.43. The molecule has 2 aromatic carbocycles. The summed E-state index contributed by atoms with van der Waals surface area (Å²) in [6, 6.07) is 15.4. The second-order valence-corrected chi connectivity index (χ2v) is 6.29. The Labute approximate surface area is 150 Å². The largest absolute Gasteiger partial charge is 0.345 e. The minimum Gasteiger partial charge on any atom is -0.345 e. The Morgan fingerprint density at radius 2 is 1.88 bits per heavy atom. The van der Waals surface area contributed by atoms with Crippen molar-refractivity contribution in [2.45, 2.75) is 19.4 Å². The van der Waals surface area contributed by atoms with Gasteiger partial charge in [0.05, 0.1) is 12.1 Å². The minimum absolute atomic E-state index is 0.0280. The smallest absolute Gasteiger partial charge is 0.246 e. The highest BCUT2D eigenvalue weighted by Crippen LogP contribution is 2.26. The Balaban J connectivity index is 1.38. The number of aryl methyl sites for hydroxylation is 1. The van der Waals surface area contributed by atoms with Crippen LogP contribution in [0.4, 0.5) is 5.69 Å². The standard InChI is InChI=1S/C19H19N5O2/c25-18(13-24-17-10-4-2-8-15(17)21-22-24)20-12-19(26)23-11-5-7-14-6-1-3-9-16(14)23/h1-4,6,8-10H,5,7,11-13H2,(H,20,25). The highest BCUT2D eigenvalue weighted by atomic mass is 16.2. The molecule has 1 aliphatic rings. The number of nitrogens with one attached hydrogen (secondary N) is 1. The molecule has 2 amide bonds. The second kappa shape index (κ2) is 6.95. The number of nitrogens with zero attached hydrogens (tertiary/aromatic N) is 4. The lowest BCUT2D eigenvalue weighted by Gasteiger charge is -2.29. The van der Waals surface area contributed by atoms with Crippen molar-refractivity contribution in [1.29, 1.82) is 0 Å². The zero-order valence-corrected chi connectivity index (χ0v) is 14.3. The fourth-order valence-electron chi connectivity index (χ4n) is 3.29. The van der Waals surface area contributed by atoms with E-state index in [2.05, 4.69) is 15.6 Å². The van der Waals surface area contributed by atoms with Gasteiger partial charge >= 0.3 is 0 Å². The van der Waals surface area contributed by atoms with E-state index in [4.69, 9.17) is 0 Å². The molecule has 7 nitrogen and oxygen atoms in total. The monoisotopic (exact) mass is 349 g/mol. The molecule has 0 bridgehead atoms. The topological polar surface area (TPSA) is 80.1 Å². The fourth-order valence-corrected chi connectivity index (χ4v) is 3.29. The zero-order chi connectivity index (χ0) is 17.9. The summed E-state index contributed by atoms with van der Waals surface area (Å²) in [7, 11) is 0. The molecule has 132 valence electrons. The Kier molecular flexibility index (Phi) is 4.35. The molecule has 2 heterocycles. The van der Waals surface area contributed by atoms with Gasteiger partial charge in [-0.1, -0.05) is 35.5 Å². The highest BCUT2D eigenvalue weighted by Gasteiger charge is 2.22. The van der Waals surface area contributed by atoms with Crippen molar-refractivity contribution in [3.05, 3.63) is 54.1 Å². The summed E-state index contributed by atoms with van der Waals surface area (Å²) in [6.45, 7) is 0.684. The molecule has 26 heavy (non-hydrogen) atoms. The van der Waals surface area contributed by atoms with Crippen LogP contribution in [-0.2, 0) is 22.6 Å². The number of carbonyl (C=O) groups excluding carboxylic acids is 2. The van der Waals surface area contributed by atoms with Gasteiger partial charge in [-0.2, -0.15) is 0 Å². The molecule has 0 aliphatic carbocycles. The first-order chi connectivity index (χ1) is 12.7. The van der Waals surface area contributed by atoms with Crippen LogP contribution < -0.4 is 10.2 Å². The normalized spacial score (nSPS) is 13.5. The van der Waals surface area contributed by atoms with E-state index in [0.29, 0.717) is 6.54 Å². The molecule has 0 spiro atoms. The van der Waals surface area contributed by atoms with E-state index >= 15 is 0 Å². The van der Waals surface area contributed by atoms with Crippen molar-refractivity contribution >= 4 is 28.5 Å². The average molecular weight is 349 g/mol. The molecule has 0 saturated heterocycles. The van der Waals surface area contributed by atoms with Gasteiger partial charge in [0.15, 0.2) is 0 Å². The second-order valence-electron chi connectivity index (χ2n) is 6.29. The van der Waals surface area contributed by atoms with Crippen molar-refractivity contribution < 1.29 is 9.59 Å². The summed E-state index contributed by atoms with van der Waals surface area (Å²) in [5.41, 5.74) is 3.65. The van der Waals surface area contributed by atoms with Crippen LogP contribution >= 0.6 is 0 Å². The summed E-state index contributed by atoms with van der Waals surface area (Å²) < 4.78 is 1.53. The van der Waals surface area contributed by atoms with E-state index in [9.17, 15) is 9.59 Å². The number of benzene rings is 2. The number of hydrogen-bond acceptors (Lipinski definition) is 4. The molecule has 1 N–H and O–H groups in total. The molecule has 7 heteroatoms. The van der Waals surface area contributed by atoms with Crippen LogP contribution in [0.15, 0.2) is 48.5 Å². The van der Waals surface area contributed by atoms with Crippen molar-refractivity contribution in [2.24, 2.45) is 0 Å². The molecule has 0 radical (unpaired) electrons. The summed E-state index contributed by atoms with van der Waals surface area (Å²) in [5.74, 6) is -0.367. The molecular formula is C19H19N5O2. The van der Waals surface area contributed by atoms with Crippen molar-refractivity contribution in [1.82, 2.24) is 20.3 Å². The Hall–Kier alpha value is -3.22. The van der Waals surface area contributed by atoms with Crippen molar-refractivity contribution in [2.75, 3.05) is 18.0 Å². The van der Waals surface area contributed by atoms with E-state index in [-0.39, 0.29) is 24.9 Å². The van der Waals surface area contributed by atoms with E-state index in [1.807, 2.05) is 48.5 Å². The number of aromatic nitrogens is 3. The van der Waals surface area contributed by atoms with Gasteiger partial charge in [0.1, 0.15) is 12.1 Å². The lowest BCUT2D eigenvalue weighted by molar-refractivity contribution is -0.125. The number of para-hydroxylation sites is 2. The first-order valence-corrected chi connectivity index (χ1v) is 8.65. The number of hydrogen-bond donors (Lipinski definition) is 1. The summed E-state index contributed by atoms with van der Waals surface area (Å²) >= 11 is 0. The van der Waals surface area contributed by atoms with Gasteiger partial charge in [0.2, 0.25) is 11.8 Å². The molecule has 0 unspecified atom stereocenters. The third kappa shape index (κ3) is 3.15. The summed E-state index contributed by atoms with van der Waals surface area (Å²) in [6.07, 6.45) is 1.91. The Morgan fingerprint density at radius 3 is 2.81 bits per heavy atom. The Morgan fingerprint density at radius 1 is 1.08 bits per heavy atom. The SMILES string of the molecule is O=C(Cn1nnc2ccccc21)NCC(=O)N1CCCc2ccccc21. The molecular weight excluding hydrogens is 330 g/mol. The van der Waals surface area contributed by atoms with Gasteiger partial charge in [-0.15, -0.1) is 5.10 Å². The number of carbonyl (C=O) groups is 2. The predicted molar refractivity (Wildman–Crippen MR) is 97.7 cm³/mol. The molecule has 0 atom stereocenters. The zero-order valence-electron chi connectivity index (χ0n) is 14.3.